The number of hydrogen-bond donors (Lipinski definition) is 1. The SMILES string of the molecule is COCc1cc(OC)c(OC)cc1C1(C(=O)O)CC1. The van der Waals surface area contributed by atoms with Crippen molar-refractivity contribution in [1.29, 1.82) is 0 Å². The van der Waals surface area contributed by atoms with Crippen LogP contribution in [0.4, 0.5) is 0 Å². The lowest BCUT2D eigenvalue weighted by atomic mass is 9.91. The molecule has 0 amide bonds. The van der Waals surface area contributed by atoms with Gasteiger partial charge < -0.3 is 19.3 Å². The van der Waals surface area contributed by atoms with Gasteiger partial charge in [0.15, 0.2) is 11.5 Å². The molecule has 5 nitrogen and oxygen atoms in total. The Bertz CT molecular complexity index is 491. The topological polar surface area (TPSA) is 65.0 Å². The first-order valence-electron chi connectivity index (χ1n) is 6.06. The van der Waals surface area contributed by atoms with Gasteiger partial charge in [-0.3, -0.25) is 4.79 Å². The second kappa shape index (κ2) is 5.09. The third kappa shape index (κ3) is 2.26. The van der Waals surface area contributed by atoms with Crippen molar-refractivity contribution < 1.29 is 24.1 Å². The lowest BCUT2D eigenvalue weighted by Gasteiger charge is -2.18. The van der Waals surface area contributed by atoms with Crippen LogP contribution in [0, 0.1) is 0 Å². The van der Waals surface area contributed by atoms with Crippen LogP contribution in [0.25, 0.3) is 0 Å². The van der Waals surface area contributed by atoms with Crippen molar-refractivity contribution in [1.82, 2.24) is 0 Å². The summed E-state index contributed by atoms with van der Waals surface area (Å²) in [5.41, 5.74) is 0.812. The van der Waals surface area contributed by atoms with Crippen molar-refractivity contribution in [2.24, 2.45) is 0 Å². The van der Waals surface area contributed by atoms with Gasteiger partial charge in [0.25, 0.3) is 0 Å². The Morgan fingerprint density at radius 1 is 1.21 bits per heavy atom. The number of hydrogen-bond acceptors (Lipinski definition) is 4. The van der Waals surface area contributed by atoms with Crippen molar-refractivity contribution >= 4 is 5.97 Å². The molecule has 0 aliphatic heterocycles. The molecule has 1 saturated carbocycles. The van der Waals surface area contributed by atoms with Crippen LogP contribution in [-0.2, 0) is 21.6 Å². The summed E-state index contributed by atoms with van der Waals surface area (Å²) in [6.07, 6.45) is 1.29. The predicted octanol–water partition coefficient (Wildman–Crippen LogP) is 1.97. The molecular formula is C14H18O5. The zero-order valence-electron chi connectivity index (χ0n) is 11.4. The summed E-state index contributed by atoms with van der Waals surface area (Å²) in [6.45, 7) is 0.352. The second-order valence-electron chi connectivity index (χ2n) is 4.68. The summed E-state index contributed by atoms with van der Waals surface area (Å²) in [7, 11) is 4.68. The smallest absolute Gasteiger partial charge is 0.314 e. The fourth-order valence-electron chi connectivity index (χ4n) is 2.36. The van der Waals surface area contributed by atoms with Crippen LogP contribution in [0.3, 0.4) is 0 Å². The zero-order chi connectivity index (χ0) is 14.0. The highest BCUT2D eigenvalue weighted by atomic mass is 16.5. The van der Waals surface area contributed by atoms with E-state index in [0.29, 0.717) is 30.9 Å². The fourth-order valence-corrected chi connectivity index (χ4v) is 2.36. The van der Waals surface area contributed by atoms with E-state index in [9.17, 15) is 9.90 Å². The van der Waals surface area contributed by atoms with Gasteiger partial charge in [-0.1, -0.05) is 0 Å². The Morgan fingerprint density at radius 3 is 2.21 bits per heavy atom. The summed E-state index contributed by atoms with van der Waals surface area (Å²) in [5, 5.41) is 9.43. The third-order valence-corrected chi connectivity index (χ3v) is 3.58. The molecule has 0 bridgehead atoms. The van der Waals surface area contributed by atoms with E-state index in [1.54, 1.807) is 26.4 Å². The quantitative estimate of drug-likeness (QED) is 0.852. The lowest BCUT2D eigenvalue weighted by Crippen LogP contribution is -2.21. The standard InChI is InChI=1S/C14H18O5/c1-17-8-9-6-11(18-2)12(19-3)7-10(9)14(4-5-14)13(15)16/h6-7H,4-5,8H2,1-3H3,(H,15,16). The van der Waals surface area contributed by atoms with Gasteiger partial charge in [-0.2, -0.15) is 0 Å². The van der Waals surface area contributed by atoms with Gasteiger partial charge in [-0.05, 0) is 36.1 Å². The summed E-state index contributed by atoms with van der Waals surface area (Å²) < 4.78 is 15.7. The van der Waals surface area contributed by atoms with Crippen LogP contribution in [0.2, 0.25) is 0 Å². The first-order valence-corrected chi connectivity index (χ1v) is 6.06. The summed E-state index contributed by atoms with van der Waals surface area (Å²) >= 11 is 0. The van der Waals surface area contributed by atoms with Crippen LogP contribution >= 0.6 is 0 Å². The van der Waals surface area contributed by atoms with E-state index in [1.807, 2.05) is 0 Å². The molecule has 19 heavy (non-hydrogen) atoms. The maximum atomic E-state index is 11.5. The van der Waals surface area contributed by atoms with E-state index < -0.39 is 11.4 Å². The molecule has 2 rings (SSSR count). The minimum Gasteiger partial charge on any atom is -0.493 e. The normalized spacial score (nSPS) is 15.9. The van der Waals surface area contributed by atoms with Crippen molar-refractivity contribution in [3.05, 3.63) is 23.3 Å². The largest absolute Gasteiger partial charge is 0.493 e. The van der Waals surface area contributed by atoms with Crippen LogP contribution < -0.4 is 9.47 Å². The number of benzene rings is 1. The molecule has 0 atom stereocenters. The number of aliphatic carboxylic acids is 1. The third-order valence-electron chi connectivity index (χ3n) is 3.58. The number of ether oxygens (including phenoxy) is 3. The number of carboxylic acid groups (broad SMARTS) is 1. The van der Waals surface area contributed by atoms with E-state index in [0.717, 1.165) is 11.1 Å². The Kier molecular flexibility index (Phi) is 3.66. The molecule has 5 heteroatoms. The second-order valence-corrected chi connectivity index (χ2v) is 4.68. The molecular weight excluding hydrogens is 248 g/mol. The van der Waals surface area contributed by atoms with Crippen LogP contribution in [0.5, 0.6) is 11.5 Å². The average Bonchev–Trinajstić information content (AvgIpc) is 3.20. The monoisotopic (exact) mass is 266 g/mol. The number of carboxylic acids is 1. The van der Waals surface area contributed by atoms with E-state index in [-0.39, 0.29) is 0 Å². The van der Waals surface area contributed by atoms with Crippen molar-refractivity contribution in [3.8, 4) is 11.5 Å². The van der Waals surface area contributed by atoms with Gasteiger partial charge in [0.2, 0.25) is 0 Å². The molecule has 0 heterocycles. The van der Waals surface area contributed by atoms with Gasteiger partial charge in [-0.15, -0.1) is 0 Å². The minimum atomic E-state index is -0.794. The van der Waals surface area contributed by atoms with Gasteiger partial charge in [0.05, 0.1) is 26.2 Å². The summed E-state index contributed by atoms with van der Waals surface area (Å²) in [5.74, 6) is 0.335. The molecule has 0 saturated heterocycles. The van der Waals surface area contributed by atoms with E-state index >= 15 is 0 Å². The van der Waals surface area contributed by atoms with Crippen LogP contribution in [0.1, 0.15) is 24.0 Å². The summed E-state index contributed by atoms with van der Waals surface area (Å²) in [6, 6.07) is 3.55. The molecule has 0 radical (unpaired) electrons. The molecule has 0 unspecified atom stereocenters. The average molecular weight is 266 g/mol. The molecule has 1 fully saturated rings. The maximum absolute atomic E-state index is 11.5. The fraction of sp³-hybridized carbons (Fsp3) is 0.500. The highest BCUT2D eigenvalue weighted by molar-refractivity contribution is 5.85. The number of rotatable bonds is 6. The van der Waals surface area contributed by atoms with E-state index in [4.69, 9.17) is 14.2 Å². The van der Waals surface area contributed by atoms with Crippen molar-refractivity contribution in [2.75, 3.05) is 21.3 Å². The Labute approximate surface area is 112 Å². The van der Waals surface area contributed by atoms with E-state index in [2.05, 4.69) is 0 Å². The molecule has 104 valence electrons. The number of carbonyl (C=O) groups is 1. The molecule has 1 aromatic carbocycles. The first kappa shape index (κ1) is 13.7. The van der Waals surface area contributed by atoms with Crippen LogP contribution in [-0.4, -0.2) is 32.4 Å². The van der Waals surface area contributed by atoms with Gasteiger partial charge >= 0.3 is 5.97 Å². The Balaban J connectivity index is 2.54. The molecule has 0 spiro atoms. The molecule has 0 aromatic heterocycles. The highest BCUT2D eigenvalue weighted by Crippen LogP contribution is 2.51. The number of methoxy groups -OCH3 is 3. The molecule has 1 aliphatic carbocycles. The van der Waals surface area contributed by atoms with E-state index in [1.165, 1.54) is 7.11 Å². The predicted molar refractivity (Wildman–Crippen MR) is 68.8 cm³/mol. The highest BCUT2D eigenvalue weighted by Gasteiger charge is 2.53. The first-order chi connectivity index (χ1) is 9.08. The minimum absolute atomic E-state index is 0.352. The van der Waals surface area contributed by atoms with Crippen molar-refractivity contribution in [3.63, 3.8) is 0 Å². The Morgan fingerprint density at radius 2 is 1.79 bits per heavy atom. The lowest BCUT2D eigenvalue weighted by molar-refractivity contribution is -0.140. The van der Waals surface area contributed by atoms with Crippen molar-refractivity contribution in [2.45, 2.75) is 24.9 Å². The molecule has 1 aromatic rings. The maximum Gasteiger partial charge on any atom is 0.314 e. The van der Waals surface area contributed by atoms with Gasteiger partial charge in [0, 0.05) is 7.11 Å². The Hall–Kier alpha value is -1.75. The molecule has 1 aliphatic rings. The van der Waals surface area contributed by atoms with Gasteiger partial charge in [-0.25, -0.2) is 0 Å². The van der Waals surface area contributed by atoms with Crippen LogP contribution in [0.15, 0.2) is 12.1 Å². The molecule has 1 N–H and O–H groups in total. The zero-order valence-corrected chi connectivity index (χ0v) is 11.4. The summed E-state index contributed by atoms with van der Waals surface area (Å²) in [4.78, 5) is 11.5. The van der Waals surface area contributed by atoms with Gasteiger partial charge in [0.1, 0.15) is 0 Å².